The Hall–Kier alpha value is -0.970. The highest BCUT2D eigenvalue weighted by Gasteiger charge is 2.16. The molecule has 0 saturated heterocycles. The minimum atomic E-state index is -0.564. The van der Waals surface area contributed by atoms with Gasteiger partial charge in [-0.15, -0.1) is 0 Å². The van der Waals surface area contributed by atoms with Crippen molar-refractivity contribution in [3.63, 3.8) is 0 Å². The molecule has 0 aliphatic carbocycles. The molecule has 2 atom stereocenters. The van der Waals surface area contributed by atoms with E-state index in [4.69, 9.17) is 0 Å². The SMILES string of the molecule is CCC(Cc1cc(F)cc([N+](=O)[O-])c1)C(C)Br. The molecule has 0 spiro atoms. The second-order valence-electron chi connectivity index (χ2n) is 4.12. The molecule has 94 valence electrons. The Balaban J connectivity index is 2.94. The molecule has 3 nitrogen and oxygen atoms in total. The van der Waals surface area contributed by atoms with E-state index in [1.807, 2.05) is 6.92 Å². The van der Waals surface area contributed by atoms with Gasteiger partial charge in [0.2, 0.25) is 0 Å². The number of nitro benzene ring substituents is 1. The highest BCUT2D eigenvalue weighted by atomic mass is 79.9. The van der Waals surface area contributed by atoms with Crippen LogP contribution in [0.4, 0.5) is 10.1 Å². The summed E-state index contributed by atoms with van der Waals surface area (Å²) in [6.07, 6.45) is 1.58. The molecule has 0 heterocycles. The van der Waals surface area contributed by atoms with Crippen LogP contribution in [-0.2, 0) is 6.42 Å². The van der Waals surface area contributed by atoms with E-state index in [1.54, 1.807) is 0 Å². The Morgan fingerprint density at radius 1 is 1.47 bits per heavy atom. The van der Waals surface area contributed by atoms with E-state index in [2.05, 4.69) is 22.9 Å². The highest BCUT2D eigenvalue weighted by Crippen LogP contribution is 2.24. The van der Waals surface area contributed by atoms with Gasteiger partial charge in [0, 0.05) is 10.9 Å². The number of halogens is 2. The third-order valence-electron chi connectivity index (χ3n) is 2.82. The van der Waals surface area contributed by atoms with E-state index >= 15 is 0 Å². The maximum absolute atomic E-state index is 13.2. The van der Waals surface area contributed by atoms with Gasteiger partial charge < -0.3 is 0 Å². The first kappa shape index (κ1) is 14.1. The molecule has 0 aliphatic heterocycles. The summed E-state index contributed by atoms with van der Waals surface area (Å²) < 4.78 is 13.2. The number of non-ortho nitro benzene ring substituents is 1. The molecule has 2 unspecified atom stereocenters. The van der Waals surface area contributed by atoms with Crippen LogP contribution in [0.3, 0.4) is 0 Å². The zero-order chi connectivity index (χ0) is 13.0. The number of nitrogens with zero attached hydrogens (tertiary/aromatic N) is 1. The molecular weight excluding hydrogens is 289 g/mol. The van der Waals surface area contributed by atoms with Gasteiger partial charge in [0.25, 0.3) is 5.69 Å². The van der Waals surface area contributed by atoms with Gasteiger partial charge in [-0.1, -0.05) is 36.2 Å². The van der Waals surface area contributed by atoms with Crippen molar-refractivity contribution in [3.8, 4) is 0 Å². The number of alkyl halides is 1. The maximum atomic E-state index is 13.2. The fraction of sp³-hybridized carbons (Fsp3) is 0.500. The van der Waals surface area contributed by atoms with Crippen molar-refractivity contribution in [2.45, 2.75) is 31.5 Å². The van der Waals surface area contributed by atoms with E-state index in [0.717, 1.165) is 12.5 Å². The van der Waals surface area contributed by atoms with Gasteiger partial charge in [-0.25, -0.2) is 4.39 Å². The summed E-state index contributed by atoms with van der Waals surface area (Å²) in [5.41, 5.74) is 0.493. The zero-order valence-electron chi connectivity index (χ0n) is 9.82. The molecule has 0 amide bonds. The van der Waals surface area contributed by atoms with Crippen molar-refractivity contribution in [3.05, 3.63) is 39.7 Å². The summed E-state index contributed by atoms with van der Waals surface area (Å²) in [5.74, 6) is -0.206. The molecule has 0 aliphatic rings. The number of benzene rings is 1. The molecule has 0 N–H and O–H groups in total. The first-order valence-corrected chi connectivity index (χ1v) is 6.43. The van der Waals surface area contributed by atoms with Crippen LogP contribution in [-0.4, -0.2) is 9.75 Å². The quantitative estimate of drug-likeness (QED) is 0.467. The lowest BCUT2D eigenvalue weighted by molar-refractivity contribution is -0.385. The lowest BCUT2D eigenvalue weighted by Gasteiger charge is -2.17. The lowest BCUT2D eigenvalue weighted by Crippen LogP contribution is -2.13. The van der Waals surface area contributed by atoms with Crippen molar-refractivity contribution in [1.82, 2.24) is 0 Å². The van der Waals surface area contributed by atoms with Crippen LogP contribution < -0.4 is 0 Å². The maximum Gasteiger partial charge on any atom is 0.272 e. The summed E-state index contributed by atoms with van der Waals surface area (Å²) in [6.45, 7) is 4.08. The van der Waals surface area contributed by atoms with Crippen molar-refractivity contribution in [2.75, 3.05) is 0 Å². The van der Waals surface area contributed by atoms with E-state index < -0.39 is 10.7 Å². The van der Waals surface area contributed by atoms with E-state index in [1.165, 1.54) is 12.1 Å². The highest BCUT2D eigenvalue weighted by molar-refractivity contribution is 9.09. The van der Waals surface area contributed by atoms with Crippen LogP contribution in [0.2, 0.25) is 0 Å². The first-order chi connectivity index (χ1) is 7.93. The van der Waals surface area contributed by atoms with Crippen LogP contribution in [0.25, 0.3) is 0 Å². The summed E-state index contributed by atoms with van der Waals surface area (Å²) in [4.78, 5) is 10.4. The average Bonchev–Trinajstić information content (AvgIpc) is 2.24. The largest absolute Gasteiger partial charge is 0.272 e. The van der Waals surface area contributed by atoms with Crippen LogP contribution >= 0.6 is 15.9 Å². The zero-order valence-corrected chi connectivity index (χ0v) is 11.4. The Bertz CT molecular complexity index is 409. The molecular formula is C12H15BrFNO2. The smallest absolute Gasteiger partial charge is 0.258 e. The summed E-state index contributed by atoms with van der Waals surface area (Å²) in [6, 6.07) is 3.76. The topological polar surface area (TPSA) is 43.1 Å². The molecule has 17 heavy (non-hydrogen) atoms. The van der Waals surface area contributed by atoms with Gasteiger partial charge in [-0.3, -0.25) is 10.1 Å². The fourth-order valence-corrected chi connectivity index (χ4v) is 2.35. The van der Waals surface area contributed by atoms with Crippen LogP contribution in [0.15, 0.2) is 18.2 Å². The number of hydrogen-bond donors (Lipinski definition) is 0. The molecule has 1 aromatic rings. The second-order valence-corrected chi connectivity index (χ2v) is 5.57. The van der Waals surface area contributed by atoms with E-state index in [0.29, 0.717) is 22.7 Å². The monoisotopic (exact) mass is 303 g/mol. The molecule has 5 heteroatoms. The van der Waals surface area contributed by atoms with Gasteiger partial charge in [-0.2, -0.15) is 0 Å². The average molecular weight is 304 g/mol. The van der Waals surface area contributed by atoms with Gasteiger partial charge in [-0.05, 0) is 24.0 Å². The van der Waals surface area contributed by atoms with E-state index in [-0.39, 0.29) is 5.69 Å². The fourth-order valence-electron chi connectivity index (χ4n) is 1.79. The van der Waals surface area contributed by atoms with Crippen LogP contribution in [0.5, 0.6) is 0 Å². The molecule has 1 aromatic carbocycles. The van der Waals surface area contributed by atoms with E-state index in [9.17, 15) is 14.5 Å². The Labute approximate surface area is 108 Å². The molecule has 0 radical (unpaired) electrons. The van der Waals surface area contributed by atoms with Crippen molar-refractivity contribution in [2.24, 2.45) is 5.92 Å². The first-order valence-electron chi connectivity index (χ1n) is 5.52. The molecule has 0 saturated carbocycles. The summed E-state index contributed by atoms with van der Waals surface area (Å²) in [7, 11) is 0. The number of hydrogen-bond acceptors (Lipinski definition) is 2. The predicted molar refractivity (Wildman–Crippen MR) is 68.9 cm³/mol. The van der Waals surface area contributed by atoms with Crippen molar-refractivity contribution >= 4 is 21.6 Å². The Morgan fingerprint density at radius 3 is 2.59 bits per heavy atom. The minimum Gasteiger partial charge on any atom is -0.258 e. The normalized spacial score (nSPS) is 14.4. The van der Waals surface area contributed by atoms with Gasteiger partial charge in [0.05, 0.1) is 11.0 Å². The predicted octanol–water partition coefficient (Wildman–Crippen LogP) is 4.09. The van der Waals surface area contributed by atoms with Gasteiger partial charge in [0.1, 0.15) is 5.82 Å². The van der Waals surface area contributed by atoms with Gasteiger partial charge >= 0.3 is 0 Å². The van der Waals surface area contributed by atoms with Gasteiger partial charge in [0.15, 0.2) is 0 Å². The standard InChI is InChI=1S/C12H15BrFNO2/c1-3-10(8(2)13)4-9-5-11(14)7-12(6-9)15(16)17/h5-8,10H,3-4H2,1-2H3. The van der Waals surface area contributed by atoms with Crippen LogP contribution in [0.1, 0.15) is 25.8 Å². The third-order valence-corrected chi connectivity index (χ3v) is 3.57. The molecule has 0 fully saturated rings. The van der Waals surface area contributed by atoms with Crippen molar-refractivity contribution < 1.29 is 9.31 Å². The Kier molecular flexibility index (Phi) is 5.05. The second kappa shape index (κ2) is 6.10. The van der Waals surface area contributed by atoms with Crippen LogP contribution in [0, 0.1) is 21.8 Å². The summed E-state index contributed by atoms with van der Waals surface area (Å²) >= 11 is 3.50. The minimum absolute atomic E-state index is 0.183. The number of rotatable bonds is 5. The lowest BCUT2D eigenvalue weighted by atomic mass is 9.94. The molecule has 0 bridgehead atoms. The van der Waals surface area contributed by atoms with Crippen molar-refractivity contribution in [1.29, 1.82) is 0 Å². The molecule has 1 rings (SSSR count). The molecule has 0 aromatic heterocycles. The Morgan fingerprint density at radius 2 is 2.12 bits per heavy atom. The number of nitro groups is 1. The summed E-state index contributed by atoms with van der Waals surface area (Å²) in [5, 5.41) is 10.6. The third kappa shape index (κ3) is 4.07.